The minimum atomic E-state index is -0.235. The summed E-state index contributed by atoms with van der Waals surface area (Å²) in [5.74, 6) is 1.25. The predicted octanol–water partition coefficient (Wildman–Crippen LogP) is 1.50. The molecule has 2 heterocycles. The molecule has 1 aromatic heterocycles. The van der Waals surface area contributed by atoms with Crippen LogP contribution in [0.25, 0.3) is 11.4 Å². The topological polar surface area (TPSA) is 88.1 Å². The van der Waals surface area contributed by atoms with E-state index in [4.69, 9.17) is 15.2 Å². The van der Waals surface area contributed by atoms with E-state index in [0.29, 0.717) is 29.4 Å². The maximum atomic E-state index is 6.08. The number of rotatable bonds is 4. The monoisotopic (exact) mass is 289 g/mol. The Morgan fingerprint density at radius 3 is 3.05 bits per heavy atom. The lowest BCUT2D eigenvalue weighted by molar-refractivity contribution is 0.00355. The average molecular weight is 289 g/mol. The molecule has 1 aromatic carbocycles. The van der Waals surface area contributed by atoms with Gasteiger partial charge in [-0.1, -0.05) is 6.07 Å². The molecule has 21 heavy (non-hydrogen) atoms. The summed E-state index contributed by atoms with van der Waals surface area (Å²) in [5, 5.41) is 12.0. The zero-order chi connectivity index (χ0) is 14.9. The van der Waals surface area contributed by atoms with Gasteiger partial charge in [-0.25, -0.2) is 4.68 Å². The molecule has 2 N–H and O–H groups in total. The van der Waals surface area contributed by atoms with Crippen molar-refractivity contribution < 1.29 is 9.47 Å². The number of hydrogen-bond donors (Lipinski definition) is 1. The second-order valence-electron chi connectivity index (χ2n) is 5.49. The minimum Gasteiger partial charge on any atom is -0.496 e. The zero-order valence-corrected chi connectivity index (χ0v) is 12.2. The number of nitrogens with zero attached hydrogens (tertiary/aromatic N) is 4. The van der Waals surface area contributed by atoms with Crippen molar-refractivity contribution in [3.05, 3.63) is 18.2 Å². The lowest BCUT2D eigenvalue weighted by atomic mass is 10.0. The second-order valence-corrected chi connectivity index (χ2v) is 5.49. The lowest BCUT2D eigenvalue weighted by Gasteiger charge is -2.23. The molecule has 0 saturated carbocycles. The Hall–Kier alpha value is -2.15. The summed E-state index contributed by atoms with van der Waals surface area (Å²) in [6, 6.07) is 5.50. The summed E-state index contributed by atoms with van der Waals surface area (Å²) in [6.07, 6.45) is 2.05. The molecule has 0 spiro atoms. The number of methoxy groups -OCH3 is 1. The Morgan fingerprint density at radius 2 is 2.33 bits per heavy atom. The molecular formula is C14H19N5O2. The van der Waals surface area contributed by atoms with Crippen LogP contribution in [0.3, 0.4) is 0 Å². The Kier molecular flexibility index (Phi) is 3.50. The van der Waals surface area contributed by atoms with E-state index < -0.39 is 0 Å². The quantitative estimate of drug-likeness (QED) is 0.858. The Balaban J connectivity index is 1.99. The highest BCUT2D eigenvalue weighted by Gasteiger charge is 2.32. The molecule has 0 aliphatic carbocycles. The van der Waals surface area contributed by atoms with Crippen LogP contribution in [0.15, 0.2) is 18.2 Å². The first-order valence-corrected chi connectivity index (χ1v) is 6.96. The minimum absolute atomic E-state index is 0.235. The molecule has 1 atom stereocenters. The first-order valence-electron chi connectivity index (χ1n) is 6.96. The maximum absolute atomic E-state index is 6.08. The van der Waals surface area contributed by atoms with E-state index in [2.05, 4.69) is 22.4 Å². The van der Waals surface area contributed by atoms with E-state index in [1.807, 2.05) is 18.2 Å². The smallest absolute Gasteiger partial charge is 0.187 e. The van der Waals surface area contributed by atoms with Gasteiger partial charge in [0.2, 0.25) is 0 Å². The molecule has 0 bridgehead atoms. The van der Waals surface area contributed by atoms with Crippen molar-refractivity contribution in [2.45, 2.75) is 31.9 Å². The lowest BCUT2D eigenvalue weighted by Crippen LogP contribution is -2.30. The van der Waals surface area contributed by atoms with E-state index in [9.17, 15) is 0 Å². The van der Waals surface area contributed by atoms with Crippen LogP contribution < -0.4 is 10.5 Å². The number of hydrogen-bond acceptors (Lipinski definition) is 6. The van der Waals surface area contributed by atoms with Crippen molar-refractivity contribution in [1.29, 1.82) is 0 Å². The molecule has 112 valence electrons. The average Bonchev–Trinajstić information content (AvgIpc) is 3.08. The molecule has 3 rings (SSSR count). The zero-order valence-electron chi connectivity index (χ0n) is 12.2. The number of anilines is 1. The Bertz CT molecular complexity index is 634. The van der Waals surface area contributed by atoms with Gasteiger partial charge >= 0.3 is 0 Å². The van der Waals surface area contributed by atoms with Crippen molar-refractivity contribution in [1.82, 2.24) is 20.2 Å². The number of nitrogens with two attached hydrogens (primary N) is 1. The van der Waals surface area contributed by atoms with Crippen molar-refractivity contribution in [3.63, 3.8) is 0 Å². The van der Waals surface area contributed by atoms with Crippen LogP contribution in [0.1, 0.15) is 19.8 Å². The first kappa shape index (κ1) is 13.8. The van der Waals surface area contributed by atoms with E-state index >= 15 is 0 Å². The van der Waals surface area contributed by atoms with E-state index in [-0.39, 0.29) is 5.60 Å². The number of tetrazole rings is 1. The molecule has 1 unspecified atom stereocenters. The summed E-state index contributed by atoms with van der Waals surface area (Å²) in [7, 11) is 1.60. The molecule has 2 aromatic rings. The van der Waals surface area contributed by atoms with Gasteiger partial charge in [0.25, 0.3) is 0 Å². The summed E-state index contributed by atoms with van der Waals surface area (Å²) >= 11 is 0. The fourth-order valence-corrected chi connectivity index (χ4v) is 2.73. The van der Waals surface area contributed by atoms with E-state index in [1.165, 1.54) is 0 Å². The number of aromatic nitrogens is 4. The van der Waals surface area contributed by atoms with Gasteiger partial charge in [-0.05, 0) is 42.3 Å². The third kappa shape index (κ3) is 2.56. The van der Waals surface area contributed by atoms with Gasteiger partial charge in [-0.15, -0.1) is 5.10 Å². The largest absolute Gasteiger partial charge is 0.496 e. The van der Waals surface area contributed by atoms with Crippen LogP contribution in [-0.4, -0.2) is 39.5 Å². The van der Waals surface area contributed by atoms with Crippen LogP contribution in [0.5, 0.6) is 5.75 Å². The SMILES string of the molecule is COc1cccc(N)c1-c1nnnn1CC1(C)CCCO1. The third-order valence-electron chi connectivity index (χ3n) is 3.82. The van der Waals surface area contributed by atoms with Crippen LogP contribution >= 0.6 is 0 Å². The fourth-order valence-electron chi connectivity index (χ4n) is 2.73. The van der Waals surface area contributed by atoms with Crippen molar-refractivity contribution in [2.24, 2.45) is 0 Å². The number of ether oxygens (including phenoxy) is 2. The van der Waals surface area contributed by atoms with Gasteiger partial charge < -0.3 is 15.2 Å². The second kappa shape index (κ2) is 5.33. The maximum Gasteiger partial charge on any atom is 0.187 e. The highest BCUT2D eigenvalue weighted by molar-refractivity contribution is 5.77. The highest BCUT2D eigenvalue weighted by atomic mass is 16.5. The summed E-state index contributed by atoms with van der Waals surface area (Å²) in [6.45, 7) is 3.45. The predicted molar refractivity (Wildman–Crippen MR) is 77.8 cm³/mol. The molecule has 1 fully saturated rings. The normalized spacial score (nSPS) is 21.6. The highest BCUT2D eigenvalue weighted by Crippen LogP contribution is 2.35. The Morgan fingerprint density at radius 1 is 1.48 bits per heavy atom. The van der Waals surface area contributed by atoms with Gasteiger partial charge in [0.1, 0.15) is 5.75 Å². The van der Waals surface area contributed by atoms with E-state index in [1.54, 1.807) is 11.8 Å². The molecule has 1 aliphatic rings. The summed E-state index contributed by atoms with van der Waals surface area (Å²) in [5.41, 5.74) is 7.14. The standard InChI is InChI=1S/C14H19N5O2/c1-14(7-4-8-21-14)9-19-13(16-17-18-19)12-10(15)5-3-6-11(12)20-2/h3,5-6H,4,7-9,15H2,1-2H3. The van der Waals surface area contributed by atoms with Crippen molar-refractivity contribution in [3.8, 4) is 17.1 Å². The van der Waals surface area contributed by atoms with Crippen LogP contribution in [0.2, 0.25) is 0 Å². The van der Waals surface area contributed by atoms with Gasteiger partial charge in [0.15, 0.2) is 5.82 Å². The van der Waals surface area contributed by atoms with Crippen molar-refractivity contribution >= 4 is 5.69 Å². The first-order chi connectivity index (χ1) is 10.1. The summed E-state index contributed by atoms with van der Waals surface area (Å²) < 4.78 is 12.9. The van der Waals surface area contributed by atoms with Crippen molar-refractivity contribution in [2.75, 3.05) is 19.5 Å². The third-order valence-corrected chi connectivity index (χ3v) is 3.82. The number of benzene rings is 1. The summed E-state index contributed by atoms with van der Waals surface area (Å²) in [4.78, 5) is 0. The van der Waals surface area contributed by atoms with E-state index in [0.717, 1.165) is 19.4 Å². The van der Waals surface area contributed by atoms with Gasteiger partial charge in [0, 0.05) is 12.3 Å². The van der Waals surface area contributed by atoms with Gasteiger partial charge in [-0.2, -0.15) is 0 Å². The van der Waals surface area contributed by atoms with Crippen LogP contribution in [0.4, 0.5) is 5.69 Å². The van der Waals surface area contributed by atoms with Crippen LogP contribution in [-0.2, 0) is 11.3 Å². The van der Waals surface area contributed by atoms with Gasteiger partial charge in [-0.3, -0.25) is 0 Å². The molecule has 7 heteroatoms. The Labute approximate surface area is 123 Å². The fraction of sp³-hybridized carbons (Fsp3) is 0.500. The molecule has 1 aliphatic heterocycles. The molecule has 1 saturated heterocycles. The number of nitrogen functional groups attached to an aromatic ring is 1. The van der Waals surface area contributed by atoms with Gasteiger partial charge in [0.05, 0.1) is 24.8 Å². The molecular weight excluding hydrogens is 270 g/mol. The molecule has 0 amide bonds. The van der Waals surface area contributed by atoms with Crippen LogP contribution in [0, 0.1) is 0 Å². The molecule has 0 radical (unpaired) electrons. The molecule has 7 nitrogen and oxygen atoms in total.